The molecule has 1 aromatic carbocycles. The Morgan fingerprint density at radius 2 is 2.00 bits per heavy atom. The molecule has 0 unspecified atom stereocenters. The lowest BCUT2D eigenvalue weighted by atomic mass is 10.2. The van der Waals surface area contributed by atoms with Crippen molar-refractivity contribution in [3.8, 4) is 0 Å². The van der Waals surface area contributed by atoms with Crippen LogP contribution >= 0.6 is 27.5 Å². The molecule has 3 aromatic rings. The standard InChI is InChI=1S/C18H17BrClN5O/c19-15-16(22-25-6-2-5-21-17(15)25)18(26)24-9-7-23(8-10-24)12-13-3-1-4-14(20)11-13/h1-6,11H,7-10,12H2. The van der Waals surface area contributed by atoms with Gasteiger partial charge in [-0.3, -0.25) is 9.69 Å². The van der Waals surface area contributed by atoms with Crippen molar-refractivity contribution in [2.24, 2.45) is 0 Å². The second-order valence-corrected chi connectivity index (χ2v) is 7.48. The summed E-state index contributed by atoms with van der Waals surface area (Å²) in [4.78, 5) is 21.3. The molecule has 8 heteroatoms. The van der Waals surface area contributed by atoms with Crippen molar-refractivity contribution >= 4 is 39.1 Å². The highest BCUT2D eigenvalue weighted by Gasteiger charge is 2.26. The van der Waals surface area contributed by atoms with E-state index in [1.807, 2.05) is 23.1 Å². The van der Waals surface area contributed by atoms with Crippen molar-refractivity contribution in [3.05, 3.63) is 63.5 Å². The van der Waals surface area contributed by atoms with E-state index in [0.29, 0.717) is 28.9 Å². The monoisotopic (exact) mass is 433 g/mol. The van der Waals surface area contributed by atoms with Gasteiger partial charge in [0.1, 0.15) is 0 Å². The van der Waals surface area contributed by atoms with Crippen LogP contribution in [0.5, 0.6) is 0 Å². The van der Waals surface area contributed by atoms with Crippen molar-refractivity contribution in [2.75, 3.05) is 26.2 Å². The van der Waals surface area contributed by atoms with Crippen molar-refractivity contribution in [3.63, 3.8) is 0 Å². The molecule has 0 saturated carbocycles. The molecule has 1 amide bonds. The molecule has 6 nitrogen and oxygen atoms in total. The summed E-state index contributed by atoms with van der Waals surface area (Å²) < 4.78 is 2.26. The largest absolute Gasteiger partial charge is 0.335 e. The Morgan fingerprint density at radius 1 is 1.19 bits per heavy atom. The predicted octanol–water partition coefficient (Wildman–Crippen LogP) is 3.10. The molecule has 1 aliphatic rings. The third-order valence-electron chi connectivity index (χ3n) is 4.50. The summed E-state index contributed by atoms with van der Waals surface area (Å²) in [6, 6.07) is 9.69. The Kier molecular flexibility index (Phi) is 4.93. The van der Waals surface area contributed by atoms with Crippen LogP contribution in [0.1, 0.15) is 16.1 Å². The van der Waals surface area contributed by atoms with Gasteiger partial charge in [-0.15, -0.1) is 0 Å². The molecule has 1 saturated heterocycles. The van der Waals surface area contributed by atoms with Gasteiger partial charge in [-0.05, 0) is 39.7 Å². The molecule has 1 aliphatic heterocycles. The molecule has 2 aromatic heterocycles. The Balaban J connectivity index is 1.42. The van der Waals surface area contributed by atoms with Crippen LogP contribution in [0.15, 0.2) is 47.2 Å². The minimum absolute atomic E-state index is 0.0650. The van der Waals surface area contributed by atoms with Gasteiger partial charge >= 0.3 is 0 Å². The molecule has 0 aliphatic carbocycles. The fraction of sp³-hybridized carbons (Fsp3) is 0.278. The van der Waals surface area contributed by atoms with E-state index in [1.165, 1.54) is 5.56 Å². The van der Waals surface area contributed by atoms with Crippen LogP contribution < -0.4 is 0 Å². The third kappa shape index (κ3) is 3.47. The lowest BCUT2D eigenvalue weighted by molar-refractivity contribution is 0.0621. The maximum absolute atomic E-state index is 12.9. The van der Waals surface area contributed by atoms with E-state index < -0.39 is 0 Å². The van der Waals surface area contributed by atoms with Crippen molar-refractivity contribution in [2.45, 2.75) is 6.54 Å². The number of benzene rings is 1. The van der Waals surface area contributed by atoms with Crippen LogP contribution in [0.2, 0.25) is 5.02 Å². The average molecular weight is 435 g/mol. The molecule has 0 spiro atoms. The molecule has 3 heterocycles. The third-order valence-corrected chi connectivity index (χ3v) is 5.46. The van der Waals surface area contributed by atoms with Crippen LogP contribution in [-0.2, 0) is 6.54 Å². The van der Waals surface area contributed by atoms with Gasteiger partial charge in [0.05, 0.1) is 4.47 Å². The molecule has 0 N–H and O–H groups in total. The molecule has 0 atom stereocenters. The van der Waals surface area contributed by atoms with Crippen LogP contribution in [0.3, 0.4) is 0 Å². The first kappa shape index (κ1) is 17.5. The topological polar surface area (TPSA) is 53.7 Å². The zero-order chi connectivity index (χ0) is 18.1. The number of halogens is 2. The minimum atomic E-state index is -0.0650. The highest BCUT2D eigenvalue weighted by Crippen LogP contribution is 2.22. The molecule has 0 bridgehead atoms. The minimum Gasteiger partial charge on any atom is -0.335 e. The number of rotatable bonds is 3. The smallest absolute Gasteiger partial charge is 0.275 e. The number of carbonyl (C=O) groups excluding carboxylic acids is 1. The first-order chi connectivity index (χ1) is 12.6. The summed E-state index contributed by atoms with van der Waals surface area (Å²) in [6.45, 7) is 3.83. The van der Waals surface area contributed by atoms with Crippen LogP contribution in [0.25, 0.3) is 5.65 Å². The van der Waals surface area contributed by atoms with E-state index in [0.717, 1.165) is 24.7 Å². The molecule has 4 rings (SSSR count). The van der Waals surface area contributed by atoms with Gasteiger partial charge < -0.3 is 4.90 Å². The fourth-order valence-corrected chi connectivity index (χ4v) is 3.89. The maximum Gasteiger partial charge on any atom is 0.275 e. The average Bonchev–Trinajstić information content (AvgIpc) is 2.99. The number of carbonyl (C=O) groups is 1. The van der Waals surface area contributed by atoms with E-state index in [4.69, 9.17) is 11.6 Å². The zero-order valence-electron chi connectivity index (χ0n) is 14.0. The summed E-state index contributed by atoms with van der Waals surface area (Å²) in [7, 11) is 0. The highest BCUT2D eigenvalue weighted by atomic mass is 79.9. The first-order valence-corrected chi connectivity index (χ1v) is 9.54. The quantitative estimate of drug-likeness (QED) is 0.636. The number of aromatic nitrogens is 3. The summed E-state index contributed by atoms with van der Waals surface area (Å²) >= 11 is 9.52. The number of piperazine rings is 1. The molecular formula is C18H17BrClN5O. The normalized spacial score (nSPS) is 15.5. The Bertz CT molecular complexity index is 952. The maximum atomic E-state index is 12.9. The number of amides is 1. The van der Waals surface area contributed by atoms with Gasteiger partial charge in [0.25, 0.3) is 5.91 Å². The van der Waals surface area contributed by atoms with Crippen LogP contribution in [-0.4, -0.2) is 56.5 Å². The Hall–Kier alpha value is -1.96. The number of fused-ring (bicyclic) bond motifs is 1. The number of nitrogens with zero attached hydrogens (tertiary/aromatic N) is 5. The van der Waals surface area contributed by atoms with Gasteiger partial charge in [0.15, 0.2) is 11.3 Å². The molecular weight excluding hydrogens is 418 g/mol. The molecule has 0 radical (unpaired) electrons. The lowest BCUT2D eigenvalue weighted by Gasteiger charge is -2.34. The fourth-order valence-electron chi connectivity index (χ4n) is 3.15. The summed E-state index contributed by atoms with van der Waals surface area (Å²) in [5.74, 6) is -0.0650. The highest BCUT2D eigenvalue weighted by molar-refractivity contribution is 9.10. The van der Waals surface area contributed by atoms with Crippen LogP contribution in [0.4, 0.5) is 0 Å². The van der Waals surface area contributed by atoms with Gasteiger partial charge in [0.2, 0.25) is 0 Å². The summed E-state index contributed by atoms with van der Waals surface area (Å²) in [5.41, 5.74) is 2.24. The van der Waals surface area contributed by atoms with Gasteiger partial charge in [-0.1, -0.05) is 23.7 Å². The van der Waals surface area contributed by atoms with Crippen molar-refractivity contribution < 1.29 is 4.79 Å². The first-order valence-electron chi connectivity index (χ1n) is 8.37. The molecule has 1 fully saturated rings. The number of hydrogen-bond acceptors (Lipinski definition) is 4. The van der Waals surface area contributed by atoms with Gasteiger partial charge in [-0.25, -0.2) is 9.50 Å². The molecule has 134 valence electrons. The van der Waals surface area contributed by atoms with E-state index in [2.05, 4.69) is 37.0 Å². The van der Waals surface area contributed by atoms with E-state index in [9.17, 15) is 4.79 Å². The van der Waals surface area contributed by atoms with Gasteiger partial charge in [0, 0.05) is 50.1 Å². The van der Waals surface area contributed by atoms with E-state index in [1.54, 1.807) is 23.0 Å². The lowest BCUT2D eigenvalue weighted by Crippen LogP contribution is -2.48. The Morgan fingerprint density at radius 3 is 2.73 bits per heavy atom. The summed E-state index contributed by atoms with van der Waals surface area (Å²) in [6.07, 6.45) is 3.47. The summed E-state index contributed by atoms with van der Waals surface area (Å²) in [5, 5.41) is 5.12. The predicted molar refractivity (Wildman–Crippen MR) is 103 cm³/mol. The van der Waals surface area contributed by atoms with Crippen molar-refractivity contribution in [1.82, 2.24) is 24.4 Å². The SMILES string of the molecule is O=C(c1nn2cccnc2c1Br)N1CCN(Cc2cccc(Cl)c2)CC1. The van der Waals surface area contributed by atoms with Gasteiger partial charge in [-0.2, -0.15) is 5.10 Å². The second kappa shape index (κ2) is 7.34. The van der Waals surface area contributed by atoms with E-state index in [-0.39, 0.29) is 5.91 Å². The zero-order valence-corrected chi connectivity index (χ0v) is 16.3. The number of hydrogen-bond donors (Lipinski definition) is 0. The Labute approximate surface area is 164 Å². The molecule has 26 heavy (non-hydrogen) atoms. The second-order valence-electron chi connectivity index (χ2n) is 6.25. The van der Waals surface area contributed by atoms with Crippen LogP contribution in [0, 0.1) is 0 Å². The van der Waals surface area contributed by atoms with E-state index >= 15 is 0 Å². The van der Waals surface area contributed by atoms with Crippen molar-refractivity contribution in [1.29, 1.82) is 0 Å².